The van der Waals surface area contributed by atoms with Crippen LogP contribution in [0.2, 0.25) is 0 Å². The molecule has 0 radical (unpaired) electrons. The lowest BCUT2D eigenvalue weighted by molar-refractivity contribution is 0.0780. The standard InChI is InChI=1S/C12H19N3O2/c1-13-11-5-6-14-9-10(11)12(16)15(2)7-4-8-17-3/h5-6,9H,4,7-8H2,1-3H3,(H,13,14). The van der Waals surface area contributed by atoms with E-state index in [2.05, 4.69) is 10.3 Å². The van der Waals surface area contributed by atoms with Gasteiger partial charge in [0.05, 0.1) is 5.56 Å². The molecule has 1 N–H and O–H groups in total. The van der Waals surface area contributed by atoms with E-state index in [1.54, 1.807) is 44.6 Å². The molecule has 0 fully saturated rings. The molecule has 1 heterocycles. The summed E-state index contributed by atoms with van der Waals surface area (Å²) in [5.74, 6) is -0.0291. The zero-order valence-corrected chi connectivity index (χ0v) is 10.6. The van der Waals surface area contributed by atoms with Crippen molar-refractivity contribution in [2.75, 3.05) is 39.7 Å². The third-order valence-electron chi connectivity index (χ3n) is 2.51. The van der Waals surface area contributed by atoms with Gasteiger partial charge in [0, 0.05) is 52.4 Å². The minimum atomic E-state index is -0.0291. The number of hydrogen-bond acceptors (Lipinski definition) is 4. The number of nitrogens with one attached hydrogen (secondary N) is 1. The first-order chi connectivity index (χ1) is 8.20. The zero-order valence-electron chi connectivity index (χ0n) is 10.6. The zero-order chi connectivity index (χ0) is 12.7. The van der Waals surface area contributed by atoms with Crippen molar-refractivity contribution in [3.63, 3.8) is 0 Å². The van der Waals surface area contributed by atoms with Crippen molar-refractivity contribution in [3.8, 4) is 0 Å². The molecule has 0 aliphatic carbocycles. The van der Waals surface area contributed by atoms with Crippen molar-refractivity contribution in [3.05, 3.63) is 24.0 Å². The molecule has 0 aliphatic rings. The average Bonchev–Trinajstić information content (AvgIpc) is 2.38. The van der Waals surface area contributed by atoms with Crippen LogP contribution in [0.5, 0.6) is 0 Å². The Morgan fingerprint density at radius 3 is 3.00 bits per heavy atom. The molecule has 0 aliphatic heterocycles. The van der Waals surface area contributed by atoms with Crippen LogP contribution in [0.25, 0.3) is 0 Å². The molecule has 1 aromatic heterocycles. The van der Waals surface area contributed by atoms with Gasteiger partial charge in [-0.3, -0.25) is 9.78 Å². The molecule has 0 spiro atoms. The Labute approximate surface area is 102 Å². The Kier molecular flexibility index (Phi) is 5.42. The molecule has 17 heavy (non-hydrogen) atoms. The van der Waals surface area contributed by atoms with Crippen molar-refractivity contribution >= 4 is 11.6 Å². The first kappa shape index (κ1) is 13.4. The summed E-state index contributed by atoms with van der Waals surface area (Å²) in [6.07, 6.45) is 4.07. The normalized spacial score (nSPS) is 10.1. The lowest BCUT2D eigenvalue weighted by Gasteiger charge is -2.18. The molecule has 0 aromatic carbocycles. The summed E-state index contributed by atoms with van der Waals surface area (Å²) in [7, 11) is 5.23. The maximum absolute atomic E-state index is 12.1. The molecule has 94 valence electrons. The minimum Gasteiger partial charge on any atom is -0.387 e. The van der Waals surface area contributed by atoms with Crippen LogP contribution in [-0.2, 0) is 4.74 Å². The number of methoxy groups -OCH3 is 1. The highest BCUT2D eigenvalue weighted by Crippen LogP contribution is 2.14. The van der Waals surface area contributed by atoms with E-state index in [0.29, 0.717) is 18.7 Å². The second-order valence-electron chi connectivity index (χ2n) is 3.74. The number of carbonyl (C=O) groups excluding carboxylic acids is 1. The first-order valence-corrected chi connectivity index (χ1v) is 5.57. The highest BCUT2D eigenvalue weighted by atomic mass is 16.5. The fraction of sp³-hybridized carbons (Fsp3) is 0.500. The summed E-state index contributed by atoms with van der Waals surface area (Å²) in [5, 5.41) is 2.99. The van der Waals surface area contributed by atoms with E-state index >= 15 is 0 Å². The van der Waals surface area contributed by atoms with Crippen LogP contribution in [0.1, 0.15) is 16.8 Å². The van der Waals surface area contributed by atoms with Gasteiger partial charge in [-0.25, -0.2) is 0 Å². The Morgan fingerprint density at radius 2 is 2.35 bits per heavy atom. The number of carbonyl (C=O) groups is 1. The van der Waals surface area contributed by atoms with E-state index in [9.17, 15) is 4.79 Å². The summed E-state index contributed by atoms with van der Waals surface area (Å²) in [6, 6.07) is 1.79. The Bertz CT molecular complexity index is 369. The maximum atomic E-state index is 12.1. The van der Waals surface area contributed by atoms with E-state index < -0.39 is 0 Å². The topological polar surface area (TPSA) is 54.5 Å². The lowest BCUT2D eigenvalue weighted by atomic mass is 10.2. The molecule has 1 rings (SSSR count). The Hall–Kier alpha value is -1.62. The number of rotatable bonds is 6. The summed E-state index contributed by atoms with van der Waals surface area (Å²) in [4.78, 5) is 17.8. The monoisotopic (exact) mass is 237 g/mol. The van der Waals surface area contributed by atoms with Crippen LogP contribution in [0.15, 0.2) is 18.5 Å². The van der Waals surface area contributed by atoms with Gasteiger partial charge in [0.2, 0.25) is 0 Å². The van der Waals surface area contributed by atoms with Crippen LogP contribution >= 0.6 is 0 Å². The number of pyridine rings is 1. The smallest absolute Gasteiger partial charge is 0.257 e. The average molecular weight is 237 g/mol. The van der Waals surface area contributed by atoms with Gasteiger partial charge in [-0.15, -0.1) is 0 Å². The van der Waals surface area contributed by atoms with Gasteiger partial charge in [0.1, 0.15) is 0 Å². The number of hydrogen-bond donors (Lipinski definition) is 1. The van der Waals surface area contributed by atoms with E-state index in [1.807, 2.05) is 0 Å². The molecule has 5 heteroatoms. The number of aromatic nitrogens is 1. The molecule has 1 amide bonds. The van der Waals surface area contributed by atoms with Crippen LogP contribution in [0.4, 0.5) is 5.69 Å². The van der Waals surface area contributed by atoms with Crippen molar-refractivity contribution < 1.29 is 9.53 Å². The predicted octanol–water partition coefficient (Wildman–Crippen LogP) is 1.23. The number of nitrogens with zero attached hydrogens (tertiary/aromatic N) is 2. The van der Waals surface area contributed by atoms with Gasteiger partial charge in [-0.1, -0.05) is 0 Å². The van der Waals surface area contributed by atoms with Crippen molar-refractivity contribution in [1.82, 2.24) is 9.88 Å². The van der Waals surface area contributed by atoms with Gasteiger partial charge in [0.15, 0.2) is 0 Å². The van der Waals surface area contributed by atoms with Gasteiger partial charge in [0.25, 0.3) is 5.91 Å². The van der Waals surface area contributed by atoms with Gasteiger partial charge in [-0.2, -0.15) is 0 Å². The number of amides is 1. The van der Waals surface area contributed by atoms with Crippen LogP contribution in [-0.4, -0.2) is 50.1 Å². The summed E-state index contributed by atoms with van der Waals surface area (Å²) in [5.41, 5.74) is 1.39. The molecular weight excluding hydrogens is 218 g/mol. The predicted molar refractivity (Wildman–Crippen MR) is 67.2 cm³/mol. The SMILES string of the molecule is CNc1ccncc1C(=O)N(C)CCCOC. The number of ether oxygens (including phenoxy) is 1. The third-order valence-corrected chi connectivity index (χ3v) is 2.51. The number of anilines is 1. The highest BCUT2D eigenvalue weighted by molar-refractivity contribution is 5.99. The molecule has 0 atom stereocenters. The molecule has 0 saturated carbocycles. The fourth-order valence-electron chi connectivity index (χ4n) is 1.54. The molecule has 0 saturated heterocycles. The van der Waals surface area contributed by atoms with E-state index in [4.69, 9.17) is 4.74 Å². The van der Waals surface area contributed by atoms with Gasteiger partial charge in [-0.05, 0) is 12.5 Å². The van der Waals surface area contributed by atoms with E-state index in [-0.39, 0.29) is 5.91 Å². The largest absolute Gasteiger partial charge is 0.387 e. The van der Waals surface area contributed by atoms with Crippen LogP contribution in [0, 0.1) is 0 Å². The van der Waals surface area contributed by atoms with Crippen molar-refractivity contribution in [1.29, 1.82) is 0 Å². The molecule has 1 aromatic rings. The second kappa shape index (κ2) is 6.85. The lowest BCUT2D eigenvalue weighted by Crippen LogP contribution is -2.29. The van der Waals surface area contributed by atoms with Crippen LogP contribution in [0.3, 0.4) is 0 Å². The maximum Gasteiger partial charge on any atom is 0.257 e. The Balaban J connectivity index is 2.67. The molecule has 0 unspecified atom stereocenters. The Morgan fingerprint density at radius 1 is 1.59 bits per heavy atom. The van der Waals surface area contributed by atoms with Crippen molar-refractivity contribution in [2.45, 2.75) is 6.42 Å². The van der Waals surface area contributed by atoms with Crippen molar-refractivity contribution in [2.24, 2.45) is 0 Å². The summed E-state index contributed by atoms with van der Waals surface area (Å²) < 4.78 is 4.96. The molecule has 0 bridgehead atoms. The quantitative estimate of drug-likeness (QED) is 0.756. The van der Waals surface area contributed by atoms with E-state index in [0.717, 1.165) is 12.1 Å². The molecular formula is C12H19N3O2. The molecule has 5 nitrogen and oxygen atoms in total. The summed E-state index contributed by atoms with van der Waals surface area (Å²) in [6.45, 7) is 1.33. The summed E-state index contributed by atoms with van der Waals surface area (Å²) >= 11 is 0. The first-order valence-electron chi connectivity index (χ1n) is 5.57. The minimum absolute atomic E-state index is 0.0291. The van der Waals surface area contributed by atoms with Gasteiger partial charge < -0.3 is 15.0 Å². The second-order valence-corrected chi connectivity index (χ2v) is 3.74. The fourth-order valence-corrected chi connectivity index (χ4v) is 1.54. The highest BCUT2D eigenvalue weighted by Gasteiger charge is 2.14. The van der Waals surface area contributed by atoms with E-state index in [1.165, 1.54) is 0 Å². The third kappa shape index (κ3) is 3.71. The van der Waals surface area contributed by atoms with Crippen LogP contribution < -0.4 is 5.32 Å². The van der Waals surface area contributed by atoms with Gasteiger partial charge >= 0.3 is 0 Å².